The highest BCUT2D eigenvalue weighted by atomic mass is 16.5. The Bertz CT molecular complexity index is 761. The van der Waals surface area contributed by atoms with E-state index in [1.165, 1.54) is 18.1 Å². The van der Waals surface area contributed by atoms with E-state index in [1.807, 2.05) is 25.1 Å². The van der Waals surface area contributed by atoms with Gasteiger partial charge in [0.25, 0.3) is 0 Å². The summed E-state index contributed by atoms with van der Waals surface area (Å²) in [5.41, 5.74) is 4.63. The summed E-state index contributed by atoms with van der Waals surface area (Å²) >= 11 is 0. The Kier molecular flexibility index (Phi) is 8.43. The van der Waals surface area contributed by atoms with E-state index in [9.17, 15) is 4.79 Å². The SMILES string of the molecule is CC(=O)OC(C=C(C)CC=CC(C)=CCCc1ccoc1)Cc1ccoc1. The lowest BCUT2D eigenvalue weighted by atomic mass is 10.1. The lowest BCUT2D eigenvalue weighted by Crippen LogP contribution is -2.16. The molecule has 4 nitrogen and oxygen atoms in total. The van der Waals surface area contributed by atoms with Crippen molar-refractivity contribution in [1.29, 1.82) is 0 Å². The minimum Gasteiger partial charge on any atom is -0.472 e. The van der Waals surface area contributed by atoms with Crippen LogP contribution >= 0.6 is 0 Å². The van der Waals surface area contributed by atoms with Crippen LogP contribution in [0, 0.1) is 0 Å². The van der Waals surface area contributed by atoms with Crippen molar-refractivity contribution in [2.75, 3.05) is 0 Å². The van der Waals surface area contributed by atoms with E-state index >= 15 is 0 Å². The lowest BCUT2D eigenvalue weighted by molar-refractivity contribution is -0.144. The Morgan fingerprint density at radius 2 is 1.81 bits per heavy atom. The van der Waals surface area contributed by atoms with Crippen LogP contribution in [0.15, 0.2) is 81.5 Å². The van der Waals surface area contributed by atoms with Gasteiger partial charge in [-0.3, -0.25) is 4.79 Å². The quantitative estimate of drug-likeness (QED) is 0.301. The predicted molar refractivity (Wildman–Crippen MR) is 106 cm³/mol. The molecular formula is C23H28O4. The molecule has 2 aromatic heterocycles. The summed E-state index contributed by atoms with van der Waals surface area (Å²) in [7, 11) is 0. The molecule has 0 aliphatic rings. The van der Waals surface area contributed by atoms with E-state index in [0.29, 0.717) is 6.42 Å². The van der Waals surface area contributed by atoms with E-state index in [0.717, 1.165) is 30.4 Å². The molecule has 27 heavy (non-hydrogen) atoms. The second kappa shape index (κ2) is 11.1. The Morgan fingerprint density at radius 3 is 2.44 bits per heavy atom. The number of furan rings is 2. The first-order valence-electron chi connectivity index (χ1n) is 9.23. The van der Waals surface area contributed by atoms with Crippen molar-refractivity contribution in [2.24, 2.45) is 0 Å². The van der Waals surface area contributed by atoms with Crippen LogP contribution in [-0.2, 0) is 22.4 Å². The zero-order valence-corrected chi connectivity index (χ0v) is 16.3. The first-order valence-corrected chi connectivity index (χ1v) is 9.23. The highest BCUT2D eigenvalue weighted by Crippen LogP contribution is 2.13. The molecule has 4 heteroatoms. The van der Waals surface area contributed by atoms with Gasteiger partial charge in [0.05, 0.1) is 25.1 Å². The van der Waals surface area contributed by atoms with Crippen LogP contribution < -0.4 is 0 Å². The third kappa shape index (κ3) is 8.45. The zero-order valence-electron chi connectivity index (χ0n) is 16.3. The number of aryl methyl sites for hydroxylation is 1. The van der Waals surface area contributed by atoms with Crippen LogP contribution in [0.5, 0.6) is 0 Å². The largest absolute Gasteiger partial charge is 0.472 e. The molecule has 2 heterocycles. The normalized spacial score (nSPS) is 13.9. The molecule has 0 bridgehead atoms. The van der Waals surface area contributed by atoms with Gasteiger partial charge in [0.1, 0.15) is 6.10 Å². The number of rotatable bonds is 10. The second-order valence-electron chi connectivity index (χ2n) is 6.72. The number of esters is 1. The van der Waals surface area contributed by atoms with E-state index in [1.54, 1.807) is 25.1 Å². The fourth-order valence-electron chi connectivity index (χ4n) is 2.77. The standard InChI is InChI=1S/C23H28O4/c1-18(7-5-9-21-10-12-25-16-21)6-4-8-19(2)14-23(27-20(3)24)15-22-11-13-26-17-22/h4,6-7,10-14,16-17,23H,5,8-9,15H2,1-3H3. The fourth-order valence-corrected chi connectivity index (χ4v) is 2.77. The van der Waals surface area contributed by atoms with E-state index in [2.05, 4.69) is 25.2 Å². The summed E-state index contributed by atoms with van der Waals surface area (Å²) in [4.78, 5) is 11.4. The molecule has 1 unspecified atom stereocenters. The summed E-state index contributed by atoms with van der Waals surface area (Å²) < 4.78 is 15.6. The highest BCUT2D eigenvalue weighted by Gasteiger charge is 2.11. The Hall–Kier alpha value is -2.75. The van der Waals surface area contributed by atoms with Gasteiger partial charge in [-0.2, -0.15) is 0 Å². The zero-order chi connectivity index (χ0) is 19.5. The number of ether oxygens (including phenoxy) is 1. The smallest absolute Gasteiger partial charge is 0.303 e. The molecule has 144 valence electrons. The third-order valence-corrected chi connectivity index (χ3v) is 4.10. The maximum atomic E-state index is 11.4. The van der Waals surface area contributed by atoms with Gasteiger partial charge in [-0.05, 0) is 62.4 Å². The van der Waals surface area contributed by atoms with Crippen molar-refractivity contribution in [3.05, 3.63) is 83.8 Å². The van der Waals surface area contributed by atoms with Gasteiger partial charge >= 0.3 is 5.97 Å². The number of hydrogen-bond acceptors (Lipinski definition) is 4. The molecule has 0 saturated heterocycles. The van der Waals surface area contributed by atoms with Crippen LogP contribution in [0.25, 0.3) is 0 Å². The van der Waals surface area contributed by atoms with Crippen molar-refractivity contribution in [2.45, 2.75) is 52.6 Å². The molecule has 0 fully saturated rings. The van der Waals surface area contributed by atoms with Crippen molar-refractivity contribution < 1.29 is 18.4 Å². The van der Waals surface area contributed by atoms with Gasteiger partial charge in [0.15, 0.2) is 0 Å². The molecular weight excluding hydrogens is 340 g/mol. The molecule has 0 aliphatic heterocycles. The third-order valence-electron chi connectivity index (χ3n) is 4.10. The van der Waals surface area contributed by atoms with E-state index in [4.69, 9.17) is 13.6 Å². The number of hydrogen-bond donors (Lipinski definition) is 0. The minimum absolute atomic E-state index is 0.278. The summed E-state index contributed by atoms with van der Waals surface area (Å²) in [6.45, 7) is 5.59. The Labute approximate surface area is 161 Å². The van der Waals surface area contributed by atoms with E-state index in [-0.39, 0.29) is 12.1 Å². The molecule has 0 amide bonds. The average Bonchev–Trinajstić information content (AvgIpc) is 3.28. The van der Waals surface area contributed by atoms with Gasteiger partial charge in [-0.1, -0.05) is 29.4 Å². The van der Waals surface area contributed by atoms with Gasteiger partial charge in [0, 0.05) is 13.3 Å². The number of allylic oxidation sites excluding steroid dienone is 5. The average molecular weight is 368 g/mol. The van der Waals surface area contributed by atoms with Crippen molar-refractivity contribution >= 4 is 5.97 Å². The van der Waals surface area contributed by atoms with Crippen LogP contribution in [0.2, 0.25) is 0 Å². The first kappa shape index (κ1) is 20.6. The minimum atomic E-state index is -0.278. The molecule has 1 atom stereocenters. The summed E-state index contributed by atoms with van der Waals surface area (Å²) in [5, 5.41) is 0. The highest BCUT2D eigenvalue weighted by molar-refractivity contribution is 5.66. The summed E-state index contributed by atoms with van der Waals surface area (Å²) in [5.74, 6) is -0.278. The van der Waals surface area contributed by atoms with Crippen molar-refractivity contribution in [3.63, 3.8) is 0 Å². The van der Waals surface area contributed by atoms with Crippen LogP contribution in [-0.4, -0.2) is 12.1 Å². The van der Waals surface area contributed by atoms with Gasteiger partial charge in [-0.25, -0.2) is 0 Å². The molecule has 0 aromatic carbocycles. The Balaban J connectivity index is 1.83. The van der Waals surface area contributed by atoms with Gasteiger partial charge in [-0.15, -0.1) is 0 Å². The van der Waals surface area contributed by atoms with Crippen LogP contribution in [0.1, 0.15) is 44.7 Å². The molecule has 2 aromatic rings. The van der Waals surface area contributed by atoms with Gasteiger partial charge < -0.3 is 13.6 Å². The second-order valence-corrected chi connectivity index (χ2v) is 6.72. The molecule has 0 spiro atoms. The van der Waals surface area contributed by atoms with E-state index < -0.39 is 0 Å². The van der Waals surface area contributed by atoms with Gasteiger partial charge in [0.2, 0.25) is 0 Å². The first-order chi connectivity index (χ1) is 13.0. The molecule has 0 radical (unpaired) electrons. The number of carbonyl (C=O) groups excluding carboxylic acids is 1. The molecule has 2 rings (SSSR count). The maximum absolute atomic E-state index is 11.4. The summed E-state index contributed by atoms with van der Waals surface area (Å²) in [6.07, 6.45) is 18.4. The monoisotopic (exact) mass is 368 g/mol. The molecule has 0 saturated carbocycles. The summed E-state index contributed by atoms with van der Waals surface area (Å²) in [6, 6.07) is 3.88. The molecule has 0 aliphatic carbocycles. The maximum Gasteiger partial charge on any atom is 0.303 e. The van der Waals surface area contributed by atoms with Crippen molar-refractivity contribution in [1.82, 2.24) is 0 Å². The lowest BCUT2D eigenvalue weighted by Gasteiger charge is -2.13. The van der Waals surface area contributed by atoms with Crippen molar-refractivity contribution in [3.8, 4) is 0 Å². The van der Waals surface area contributed by atoms with Crippen LogP contribution in [0.3, 0.4) is 0 Å². The topological polar surface area (TPSA) is 52.6 Å². The number of carbonyl (C=O) groups is 1. The fraction of sp³-hybridized carbons (Fsp3) is 0.348. The van der Waals surface area contributed by atoms with Crippen LogP contribution in [0.4, 0.5) is 0 Å². The Morgan fingerprint density at radius 1 is 1.11 bits per heavy atom. The molecule has 0 N–H and O–H groups in total. The predicted octanol–water partition coefficient (Wildman–Crippen LogP) is 5.82.